The molecule has 9 heteroatoms. The number of carbonyl (C=O) groups is 1. The van der Waals surface area contributed by atoms with Crippen molar-refractivity contribution in [3.8, 4) is 5.75 Å². The van der Waals surface area contributed by atoms with Gasteiger partial charge in [-0.3, -0.25) is 14.0 Å². The number of hydrogen-bond donors (Lipinski definition) is 0. The second-order valence-corrected chi connectivity index (χ2v) is 8.43. The number of benzene rings is 1. The molecule has 1 aliphatic rings. The summed E-state index contributed by atoms with van der Waals surface area (Å²) in [5, 5.41) is 4.34. The van der Waals surface area contributed by atoms with Crippen molar-refractivity contribution in [1.29, 1.82) is 0 Å². The number of carbonyl (C=O) groups excluding carboxylic acids is 1. The highest BCUT2D eigenvalue weighted by molar-refractivity contribution is 7.07. The lowest BCUT2D eigenvalue weighted by atomic mass is 9.96. The fourth-order valence-corrected chi connectivity index (χ4v) is 4.83. The third kappa shape index (κ3) is 3.80. The van der Waals surface area contributed by atoms with Crippen molar-refractivity contribution in [2.75, 3.05) is 13.7 Å². The molecule has 166 valence electrons. The monoisotopic (exact) mass is 452 g/mol. The lowest BCUT2D eigenvalue weighted by Gasteiger charge is -2.24. The summed E-state index contributed by atoms with van der Waals surface area (Å²) in [4.78, 5) is 31.5. The summed E-state index contributed by atoms with van der Waals surface area (Å²) >= 11 is 1.29. The van der Waals surface area contributed by atoms with Crippen LogP contribution in [0.15, 0.2) is 51.5 Å². The molecule has 0 saturated carbocycles. The molecule has 0 saturated heterocycles. The number of aromatic nitrogens is 3. The van der Waals surface area contributed by atoms with E-state index in [0.29, 0.717) is 26.4 Å². The number of thiazole rings is 1. The maximum absolute atomic E-state index is 13.5. The molecular weight excluding hydrogens is 428 g/mol. The predicted octanol–water partition coefficient (Wildman–Crippen LogP) is 1.85. The Kier molecular flexibility index (Phi) is 5.84. The van der Waals surface area contributed by atoms with Crippen LogP contribution in [0.25, 0.3) is 6.08 Å². The van der Waals surface area contributed by atoms with Crippen LogP contribution in [0.2, 0.25) is 0 Å². The van der Waals surface area contributed by atoms with Crippen LogP contribution in [0.3, 0.4) is 0 Å². The molecule has 1 aromatic carbocycles. The van der Waals surface area contributed by atoms with Gasteiger partial charge in [0.1, 0.15) is 5.75 Å². The summed E-state index contributed by atoms with van der Waals surface area (Å²) in [5.41, 5.74) is 3.14. The van der Waals surface area contributed by atoms with Crippen LogP contribution in [0.5, 0.6) is 5.75 Å². The molecular formula is C23H24N4O4S. The molecule has 0 amide bonds. The van der Waals surface area contributed by atoms with Crippen molar-refractivity contribution in [3.63, 3.8) is 0 Å². The predicted molar refractivity (Wildman–Crippen MR) is 121 cm³/mol. The van der Waals surface area contributed by atoms with Crippen LogP contribution in [0, 0.1) is 6.92 Å². The minimum Gasteiger partial charge on any atom is -0.497 e. The number of hydrogen-bond acceptors (Lipinski definition) is 7. The van der Waals surface area contributed by atoms with Crippen LogP contribution in [0.1, 0.15) is 36.7 Å². The Morgan fingerprint density at radius 1 is 1.25 bits per heavy atom. The van der Waals surface area contributed by atoms with Crippen molar-refractivity contribution in [2.45, 2.75) is 26.8 Å². The van der Waals surface area contributed by atoms with E-state index >= 15 is 0 Å². The van der Waals surface area contributed by atoms with E-state index < -0.39 is 12.0 Å². The summed E-state index contributed by atoms with van der Waals surface area (Å²) in [6.45, 7) is 5.65. The Balaban J connectivity index is 1.95. The van der Waals surface area contributed by atoms with Gasteiger partial charge in [0.25, 0.3) is 5.56 Å². The van der Waals surface area contributed by atoms with E-state index in [9.17, 15) is 9.59 Å². The Morgan fingerprint density at radius 3 is 2.56 bits per heavy atom. The Hall–Kier alpha value is -3.46. The second kappa shape index (κ2) is 8.58. The zero-order valence-corrected chi connectivity index (χ0v) is 19.4. The maximum Gasteiger partial charge on any atom is 0.338 e. The molecule has 0 N–H and O–H groups in total. The standard InChI is InChI=1S/C23H24N4O4S/c1-6-31-22(29)19-14(3)24-23-27(20(19)15-7-9-17(30-5)10-8-15)21(28)18(32-23)11-16-12-26(4)25-13(16)2/h7-12,20H,6H2,1-5H3/b18-11+/t20-/m1/s1. The number of rotatable bonds is 5. The van der Waals surface area contributed by atoms with E-state index in [-0.39, 0.29) is 12.2 Å². The molecule has 0 radical (unpaired) electrons. The van der Waals surface area contributed by atoms with Gasteiger partial charge in [0, 0.05) is 18.8 Å². The van der Waals surface area contributed by atoms with Gasteiger partial charge in [-0.05, 0) is 44.5 Å². The number of methoxy groups -OCH3 is 1. The first-order chi connectivity index (χ1) is 15.3. The van der Waals surface area contributed by atoms with Gasteiger partial charge < -0.3 is 9.47 Å². The number of aryl methyl sites for hydroxylation is 2. The van der Waals surface area contributed by atoms with Gasteiger partial charge in [-0.15, -0.1) is 0 Å². The number of esters is 1. The van der Waals surface area contributed by atoms with Crippen LogP contribution in [-0.2, 0) is 16.6 Å². The van der Waals surface area contributed by atoms with Crippen LogP contribution in [0.4, 0.5) is 0 Å². The van der Waals surface area contributed by atoms with Crippen molar-refractivity contribution in [1.82, 2.24) is 14.3 Å². The average Bonchev–Trinajstić information content (AvgIpc) is 3.24. The molecule has 3 aromatic rings. The molecule has 4 rings (SSSR count). The van der Waals surface area contributed by atoms with E-state index in [1.165, 1.54) is 11.3 Å². The van der Waals surface area contributed by atoms with Gasteiger partial charge in [-0.2, -0.15) is 5.10 Å². The quantitative estimate of drug-likeness (QED) is 0.552. The number of fused-ring (bicyclic) bond motifs is 1. The topological polar surface area (TPSA) is 87.7 Å². The maximum atomic E-state index is 13.5. The Bertz CT molecular complexity index is 1390. The van der Waals surface area contributed by atoms with Gasteiger partial charge in [-0.1, -0.05) is 23.5 Å². The molecule has 0 bridgehead atoms. The molecule has 1 aliphatic heterocycles. The largest absolute Gasteiger partial charge is 0.497 e. The number of allylic oxidation sites excluding steroid dienone is 1. The van der Waals surface area contributed by atoms with Crippen molar-refractivity contribution in [3.05, 3.63) is 78.2 Å². The molecule has 0 unspecified atom stereocenters. The van der Waals surface area contributed by atoms with Gasteiger partial charge in [0.2, 0.25) is 0 Å². The first-order valence-electron chi connectivity index (χ1n) is 10.2. The molecule has 8 nitrogen and oxygen atoms in total. The summed E-state index contributed by atoms with van der Waals surface area (Å²) < 4.78 is 14.4. The van der Waals surface area contributed by atoms with Gasteiger partial charge in [-0.25, -0.2) is 9.79 Å². The third-order valence-electron chi connectivity index (χ3n) is 5.29. The zero-order chi connectivity index (χ0) is 23.0. The lowest BCUT2D eigenvalue weighted by Crippen LogP contribution is -2.39. The first kappa shape index (κ1) is 21.8. The Labute approximate surface area is 188 Å². The van der Waals surface area contributed by atoms with Crippen molar-refractivity contribution in [2.24, 2.45) is 12.0 Å². The zero-order valence-electron chi connectivity index (χ0n) is 18.6. The molecule has 0 spiro atoms. The highest BCUT2D eigenvalue weighted by Gasteiger charge is 2.33. The Morgan fingerprint density at radius 2 is 1.97 bits per heavy atom. The van der Waals surface area contributed by atoms with Gasteiger partial charge in [0.05, 0.1) is 41.3 Å². The average molecular weight is 453 g/mol. The van der Waals surface area contributed by atoms with Gasteiger partial charge in [0.15, 0.2) is 4.80 Å². The molecule has 0 aliphatic carbocycles. The fourth-order valence-electron chi connectivity index (χ4n) is 3.79. The van der Waals surface area contributed by atoms with Crippen LogP contribution < -0.4 is 19.6 Å². The molecule has 32 heavy (non-hydrogen) atoms. The normalized spacial score (nSPS) is 16.0. The molecule has 2 aromatic heterocycles. The first-order valence-corrected chi connectivity index (χ1v) is 11.0. The SMILES string of the molecule is CCOC(=O)C1=C(C)N=c2s/c(=C/c3cn(C)nc3C)c(=O)n2[C@@H]1c1ccc(OC)cc1. The lowest BCUT2D eigenvalue weighted by molar-refractivity contribution is -0.139. The smallest absolute Gasteiger partial charge is 0.338 e. The summed E-state index contributed by atoms with van der Waals surface area (Å²) in [5.74, 6) is 0.207. The van der Waals surface area contributed by atoms with Crippen molar-refractivity contribution >= 4 is 23.4 Å². The number of ether oxygens (including phenoxy) is 2. The highest BCUT2D eigenvalue weighted by atomic mass is 32.1. The van der Waals surface area contributed by atoms with Crippen molar-refractivity contribution < 1.29 is 14.3 Å². The number of nitrogens with zero attached hydrogens (tertiary/aromatic N) is 4. The second-order valence-electron chi connectivity index (χ2n) is 7.42. The van der Waals surface area contributed by atoms with Gasteiger partial charge >= 0.3 is 5.97 Å². The van der Waals surface area contributed by atoms with E-state index in [0.717, 1.165) is 16.8 Å². The molecule has 3 heterocycles. The molecule has 0 fully saturated rings. The highest BCUT2D eigenvalue weighted by Crippen LogP contribution is 2.31. The summed E-state index contributed by atoms with van der Waals surface area (Å²) in [7, 11) is 3.43. The minimum absolute atomic E-state index is 0.216. The van der Waals surface area contributed by atoms with E-state index in [2.05, 4.69) is 10.1 Å². The van der Waals surface area contributed by atoms with Crippen LogP contribution in [-0.4, -0.2) is 34.0 Å². The molecule has 1 atom stereocenters. The fraction of sp³-hybridized carbons (Fsp3) is 0.304. The van der Waals surface area contributed by atoms with E-state index in [1.54, 1.807) is 30.2 Å². The van der Waals surface area contributed by atoms with E-state index in [4.69, 9.17) is 9.47 Å². The van der Waals surface area contributed by atoms with Crippen LogP contribution >= 0.6 is 11.3 Å². The summed E-state index contributed by atoms with van der Waals surface area (Å²) in [6, 6.07) is 6.67. The minimum atomic E-state index is -0.645. The third-order valence-corrected chi connectivity index (χ3v) is 6.27. The summed E-state index contributed by atoms with van der Waals surface area (Å²) in [6.07, 6.45) is 3.68. The van der Waals surface area contributed by atoms with E-state index in [1.807, 2.05) is 50.5 Å².